The quantitative estimate of drug-likeness (QED) is 0.630. The van der Waals surface area contributed by atoms with E-state index >= 15 is 0 Å². The van der Waals surface area contributed by atoms with Crippen molar-refractivity contribution in [2.75, 3.05) is 0 Å². The molecule has 0 bridgehead atoms. The molecule has 0 amide bonds. The zero-order valence-electron chi connectivity index (χ0n) is 9.56. The molecule has 0 atom stereocenters. The summed E-state index contributed by atoms with van der Waals surface area (Å²) in [6.07, 6.45) is 3.43. The Hall–Kier alpha value is -1.39. The van der Waals surface area contributed by atoms with Gasteiger partial charge in [0.15, 0.2) is 5.65 Å². The molecule has 0 aliphatic rings. The standard InChI is InChI=1S/C13H9BrClN3/c1-8-2-4-9(5-3-8)18-6-10(14)11-12(15)16-7-17-13(11)18/h2-7H,1H3. The first kappa shape index (κ1) is 11.7. The molecule has 0 fully saturated rings. The van der Waals surface area contributed by atoms with Gasteiger partial charge in [-0.15, -0.1) is 0 Å². The van der Waals surface area contributed by atoms with Gasteiger partial charge in [-0.1, -0.05) is 29.3 Å². The van der Waals surface area contributed by atoms with E-state index in [1.54, 1.807) is 0 Å². The van der Waals surface area contributed by atoms with E-state index in [0.29, 0.717) is 5.15 Å². The van der Waals surface area contributed by atoms with E-state index in [-0.39, 0.29) is 0 Å². The highest BCUT2D eigenvalue weighted by molar-refractivity contribution is 9.10. The zero-order chi connectivity index (χ0) is 12.7. The Labute approximate surface area is 118 Å². The predicted octanol–water partition coefficient (Wildman–Crippen LogP) is 4.14. The van der Waals surface area contributed by atoms with Gasteiger partial charge in [-0.25, -0.2) is 9.97 Å². The highest BCUT2D eigenvalue weighted by atomic mass is 79.9. The van der Waals surface area contributed by atoms with Crippen LogP contribution in [-0.4, -0.2) is 14.5 Å². The van der Waals surface area contributed by atoms with Crippen molar-refractivity contribution in [3.05, 3.63) is 52.0 Å². The van der Waals surface area contributed by atoms with Gasteiger partial charge < -0.3 is 4.57 Å². The van der Waals surface area contributed by atoms with Crippen molar-refractivity contribution in [3.8, 4) is 5.69 Å². The van der Waals surface area contributed by atoms with Crippen molar-refractivity contribution < 1.29 is 0 Å². The van der Waals surface area contributed by atoms with Gasteiger partial charge in [0.05, 0.1) is 5.39 Å². The van der Waals surface area contributed by atoms with Gasteiger partial charge in [0.25, 0.3) is 0 Å². The molecule has 0 saturated heterocycles. The van der Waals surface area contributed by atoms with Crippen molar-refractivity contribution in [1.29, 1.82) is 0 Å². The Balaban J connectivity index is 2.30. The predicted molar refractivity (Wildman–Crippen MR) is 76.3 cm³/mol. The number of rotatable bonds is 1. The minimum absolute atomic E-state index is 0.456. The lowest BCUT2D eigenvalue weighted by molar-refractivity contribution is 1.07. The molecule has 0 saturated carbocycles. The number of fused-ring (bicyclic) bond motifs is 1. The summed E-state index contributed by atoms with van der Waals surface area (Å²) < 4.78 is 2.88. The monoisotopic (exact) mass is 321 g/mol. The smallest absolute Gasteiger partial charge is 0.150 e. The molecular weight excluding hydrogens is 314 g/mol. The van der Waals surface area contributed by atoms with Crippen molar-refractivity contribution >= 4 is 38.6 Å². The molecule has 0 aliphatic carbocycles. The second-order valence-corrected chi connectivity index (χ2v) is 5.26. The van der Waals surface area contributed by atoms with Crippen LogP contribution < -0.4 is 0 Å². The summed E-state index contributed by atoms with van der Waals surface area (Å²) in [7, 11) is 0. The summed E-state index contributed by atoms with van der Waals surface area (Å²) >= 11 is 9.59. The van der Waals surface area contributed by atoms with Gasteiger partial charge in [-0.05, 0) is 35.0 Å². The zero-order valence-corrected chi connectivity index (χ0v) is 11.9. The van der Waals surface area contributed by atoms with Crippen LogP contribution >= 0.6 is 27.5 Å². The minimum Gasteiger partial charge on any atom is -0.300 e. The lowest BCUT2D eigenvalue weighted by Crippen LogP contribution is -1.94. The summed E-state index contributed by atoms with van der Waals surface area (Å²) in [6.45, 7) is 2.06. The molecule has 3 rings (SSSR count). The van der Waals surface area contributed by atoms with Crippen LogP contribution in [0.5, 0.6) is 0 Å². The van der Waals surface area contributed by atoms with E-state index in [9.17, 15) is 0 Å². The first-order chi connectivity index (χ1) is 8.66. The molecule has 5 heteroatoms. The number of benzene rings is 1. The third-order valence-electron chi connectivity index (χ3n) is 2.80. The van der Waals surface area contributed by atoms with Crippen LogP contribution in [0.2, 0.25) is 5.15 Å². The second-order valence-electron chi connectivity index (χ2n) is 4.05. The molecule has 0 unspecified atom stereocenters. The normalized spacial score (nSPS) is 11.1. The van der Waals surface area contributed by atoms with Crippen molar-refractivity contribution in [2.24, 2.45) is 0 Å². The Kier molecular flexibility index (Phi) is 2.84. The molecule has 2 aromatic heterocycles. The van der Waals surface area contributed by atoms with Gasteiger partial charge in [-0.3, -0.25) is 0 Å². The maximum atomic E-state index is 6.09. The molecule has 1 aromatic carbocycles. The lowest BCUT2D eigenvalue weighted by atomic mass is 10.2. The third kappa shape index (κ3) is 1.82. The van der Waals surface area contributed by atoms with E-state index in [0.717, 1.165) is 21.2 Å². The molecule has 18 heavy (non-hydrogen) atoms. The summed E-state index contributed by atoms with van der Waals surface area (Å²) in [5.74, 6) is 0. The molecule has 0 radical (unpaired) electrons. The molecule has 3 aromatic rings. The fraction of sp³-hybridized carbons (Fsp3) is 0.0769. The van der Waals surface area contributed by atoms with Gasteiger partial charge >= 0.3 is 0 Å². The molecule has 2 heterocycles. The van der Waals surface area contributed by atoms with Crippen LogP contribution in [0, 0.1) is 6.92 Å². The van der Waals surface area contributed by atoms with Crippen molar-refractivity contribution in [3.63, 3.8) is 0 Å². The SMILES string of the molecule is Cc1ccc(-n2cc(Br)c3c(Cl)ncnc32)cc1. The Bertz CT molecular complexity index is 719. The van der Waals surface area contributed by atoms with Gasteiger partial charge in [0, 0.05) is 16.4 Å². The van der Waals surface area contributed by atoms with Crippen molar-refractivity contribution in [2.45, 2.75) is 6.92 Å². The molecule has 0 N–H and O–H groups in total. The number of halogens is 2. The summed E-state index contributed by atoms with van der Waals surface area (Å²) in [5, 5.41) is 1.29. The Morgan fingerprint density at radius 2 is 1.89 bits per heavy atom. The van der Waals surface area contributed by atoms with Gasteiger partial charge in [0.2, 0.25) is 0 Å². The lowest BCUT2D eigenvalue weighted by Gasteiger charge is -2.04. The van der Waals surface area contributed by atoms with Crippen LogP contribution in [-0.2, 0) is 0 Å². The van der Waals surface area contributed by atoms with E-state index in [2.05, 4.69) is 57.1 Å². The van der Waals surface area contributed by atoms with E-state index < -0.39 is 0 Å². The van der Waals surface area contributed by atoms with E-state index in [4.69, 9.17) is 11.6 Å². The molecule has 90 valence electrons. The average molecular weight is 323 g/mol. The maximum Gasteiger partial charge on any atom is 0.150 e. The van der Waals surface area contributed by atoms with Crippen LogP contribution in [0.4, 0.5) is 0 Å². The highest BCUT2D eigenvalue weighted by Crippen LogP contribution is 2.31. The summed E-state index contributed by atoms with van der Waals surface area (Å²) in [5.41, 5.74) is 3.07. The van der Waals surface area contributed by atoms with Crippen LogP contribution in [0.3, 0.4) is 0 Å². The highest BCUT2D eigenvalue weighted by Gasteiger charge is 2.12. The number of hydrogen-bond donors (Lipinski definition) is 0. The van der Waals surface area contributed by atoms with Crippen molar-refractivity contribution in [1.82, 2.24) is 14.5 Å². The topological polar surface area (TPSA) is 30.7 Å². The summed E-state index contributed by atoms with van der Waals surface area (Å²) in [6, 6.07) is 8.24. The molecule has 3 nitrogen and oxygen atoms in total. The number of aromatic nitrogens is 3. The molecule has 0 aliphatic heterocycles. The third-order valence-corrected chi connectivity index (χ3v) is 3.69. The van der Waals surface area contributed by atoms with E-state index in [1.165, 1.54) is 11.9 Å². The van der Waals surface area contributed by atoms with Crippen LogP contribution in [0.15, 0.2) is 41.3 Å². The minimum atomic E-state index is 0.456. The summed E-state index contributed by atoms with van der Waals surface area (Å²) in [4.78, 5) is 8.30. The average Bonchev–Trinajstić information content (AvgIpc) is 2.69. The molecule has 0 spiro atoms. The Morgan fingerprint density at radius 3 is 2.61 bits per heavy atom. The Morgan fingerprint density at radius 1 is 1.17 bits per heavy atom. The second kappa shape index (κ2) is 4.37. The fourth-order valence-electron chi connectivity index (χ4n) is 1.88. The molecular formula is C13H9BrClN3. The van der Waals surface area contributed by atoms with Gasteiger partial charge in [-0.2, -0.15) is 0 Å². The number of hydrogen-bond acceptors (Lipinski definition) is 2. The fourth-order valence-corrected chi connectivity index (χ4v) is 2.80. The first-order valence-corrected chi connectivity index (χ1v) is 6.58. The maximum absolute atomic E-state index is 6.09. The largest absolute Gasteiger partial charge is 0.300 e. The van der Waals surface area contributed by atoms with Gasteiger partial charge in [0.1, 0.15) is 11.5 Å². The number of aryl methyl sites for hydroxylation is 1. The number of nitrogens with zero attached hydrogens (tertiary/aromatic N) is 3. The first-order valence-electron chi connectivity index (χ1n) is 5.41. The van der Waals surface area contributed by atoms with Crippen LogP contribution in [0.1, 0.15) is 5.56 Å². The van der Waals surface area contributed by atoms with E-state index in [1.807, 2.05) is 10.8 Å². The van der Waals surface area contributed by atoms with Crippen LogP contribution in [0.25, 0.3) is 16.7 Å².